The highest BCUT2D eigenvalue weighted by Gasteiger charge is 2.05. The molecule has 0 unspecified atom stereocenters. The topological polar surface area (TPSA) is 14.1 Å². The Hall–Kier alpha value is -1.76. The van der Waals surface area contributed by atoms with Crippen LogP contribution in [0.4, 0.5) is 11.4 Å². The number of hydrogen-bond acceptors (Lipinski definition) is 0. The van der Waals surface area contributed by atoms with Crippen molar-refractivity contribution in [2.45, 2.75) is 26.7 Å². The van der Waals surface area contributed by atoms with Gasteiger partial charge in [-0.15, -0.1) is 0 Å². The van der Waals surface area contributed by atoms with Crippen molar-refractivity contribution in [1.29, 1.82) is 0 Å². The van der Waals surface area contributed by atoms with Gasteiger partial charge in [0.05, 0.1) is 11.4 Å². The fourth-order valence-corrected chi connectivity index (χ4v) is 1.97. The van der Waals surface area contributed by atoms with E-state index in [-0.39, 0.29) is 0 Å². The smallest absolute Gasteiger partial charge is 0.0668 e. The molecule has 0 aliphatic carbocycles. The van der Waals surface area contributed by atoms with E-state index in [1.165, 1.54) is 11.1 Å². The van der Waals surface area contributed by atoms with Crippen LogP contribution in [0.25, 0.3) is 0 Å². The Morgan fingerprint density at radius 3 is 1.53 bits per heavy atom. The Kier molecular flexibility index (Phi) is 3.81. The Morgan fingerprint density at radius 1 is 0.706 bits per heavy atom. The molecule has 17 heavy (non-hydrogen) atoms. The van der Waals surface area contributed by atoms with Crippen molar-refractivity contribution in [3.63, 3.8) is 0 Å². The lowest BCUT2D eigenvalue weighted by Crippen LogP contribution is -1.96. The number of nitrogens with zero attached hydrogens (tertiary/aromatic N) is 1. The lowest BCUT2D eigenvalue weighted by Gasteiger charge is -2.10. The fourth-order valence-electron chi connectivity index (χ4n) is 1.97. The van der Waals surface area contributed by atoms with E-state index < -0.39 is 0 Å². The summed E-state index contributed by atoms with van der Waals surface area (Å²) in [5.74, 6) is 0. The second-order valence-electron chi connectivity index (χ2n) is 4.08. The zero-order valence-corrected chi connectivity index (χ0v) is 10.5. The second kappa shape index (κ2) is 5.53. The molecule has 0 aliphatic rings. The Morgan fingerprint density at radius 2 is 1.12 bits per heavy atom. The molecule has 0 aromatic heterocycles. The zero-order chi connectivity index (χ0) is 12.1. The van der Waals surface area contributed by atoms with Crippen LogP contribution in [0.5, 0.6) is 0 Å². The summed E-state index contributed by atoms with van der Waals surface area (Å²) >= 11 is 0. The molecule has 1 radical (unpaired) electrons. The van der Waals surface area contributed by atoms with Crippen LogP contribution in [-0.2, 0) is 12.8 Å². The summed E-state index contributed by atoms with van der Waals surface area (Å²) < 4.78 is 0. The van der Waals surface area contributed by atoms with Crippen molar-refractivity contribution in [2.75, 3.05) is 0 Å². The van der Waals surface area contributed by atoms with Gasteiger partial charge in [-0.2, -0.15) is 0 Å². The first-order valence-corrected chi connectivity index (χ1v) is 6.22. The average Bonchev–Trinajstić information content (AvgIpc) is 2.40. The summed E-state index contributed by atoms with van der Waals surface area (Å²) in [6, 6.07) is 16.7. The third kappa shape index (κ3) is 2.68. The quantitative estimate of drug-likeness (QED) is 0.731. The number of benzene rings is 2. The molecule has 1 heteroatoms. The molecule has 2 aromatic carbocycles. The van der Waals surface area contributed by atoms with Crippen molar-refractivity contribution in [1.82, 2.24) is 5.32 Å². The standard InChI is InChI=1S/C16H18N/c1-3-13-9-5-7-11-15(13)17-16-12-8-6-10-14(16)4-2/h5-12H,3-4H2,1-2H3. The number of aryl methyl sites for hydroxylation is 2. The van der Waals surface area contributed by atoms with Gasteiger partial charge in [-0.3, -0.25) is 0 Å². The molecule has 0 saturated heterocycles. The van der Waals surface area contributed by atoms with Crippen LogP contribution in [0.15, 0.2) is 48.5 Å². The molecule has 0 spiro atoms. The predicted octanol–water partition coefficient (Wildman–Crippen LogP) is 4.38. The van der Waals surface area contributed by atoms with Gasteiger partial charge in [-0.05, 0) is 36.1 Å². The van der Waals surface area contributed by atoms with E-state index >= 15 is 0 Å². The van der Waals surface area contributed by atoms with Crippen LogP contribution in [0, 0.1) is 0 Å². The van der Waals surface area contributed by atoms with Crippen molar-refractivity contribution < 1.29 is 0 Å². The molecule has 0 fully saturated rings. The maximum atomic E-state index is 4.78. The van der Waals surface area contributed by atoms with E-state index in [4.69, 9.17) is 5.32 Å². The number of para-hydroxylation sites is 2. The molecule has 0 atom stereocenters. The Labute approximate surface area is 103 Å². The number of rotatable bonds is 4. The van der Waals surface area contributed by atoms with Gasteiger partial charge in [-0.1, -0.05) is 50.2 Å². The van der Waals surface area contributed by atoms with Gasteiger partial charge < -0.3 is 0 Å². The van der Waals surface area contributed by atoms with E-state index in [1.54, 1.807) is 0 Å². The van der Waals surface area contributed by atoms with Crippen molar-refractivity contribution in [2.24, 2.45) is 0 Å². The molecule has 2 aromatic rings. The molecule has 0 saturated carbocycles. The highest BCUT2D eigenvalue weighted by molar-refractivity contribution is 5.56. The monoisotopic (exact) mass is 224 g/mol. The van der Waals surface area contributed by atoms with Gasteiger partial charge in [0.15, 0.2) is 0 Å². The predicted molar refractivity (Wildman–Crippen MR) is 73.1 cm³/mol. The lowest BCUT2D eigenvalue weighted by atomic mass is 10.1. The molecule has 2 rings (SSSR count). The first-order valence-electron chi connectivity index (χ1n) is 6.22. The lowest BCUT2D eigenvalue weighted by molar-refractivity contribution is 1.04. The minimum absolute atomic E-state index is 1.02. The van der Waals surface area contributed by atoms with Gasteiger partial charge >= 0.3 is 0 Å². The molecule has 0 aliphatic heterocycles. The average molecular weight is 224 g/mol. The zero-order valence-electron chi connectivity index (χ0n) is 10.5. The van der Waals surface area contributed by atoms with Crippen LogP contribution in [0.2, 0.25) is 0 Å². The van der Waals surface area contributed by atoms with Crippen molar-refractivity contribution >= 4 is 11.4 Å². The van der Waals surface area contributed by atoms with Gasteiger partial charge in [0.25, 0.3) is 0 Å². The third-order valence-electron chi connectivity index (χ3n) is 2.99. The highest BCUT2D eigenvalue weighted by atomic mass is 14.9. The first kappa shape index (κ1) is 11.7. The second-order valence-corrected chi connectivity index (χ2v) is 4.08. The summed E-state index contributed by atoms with van der Waals surface area (Å²) in [4.78, 5) is 0. The van der Waals surface area contributed by atoms with Crippen LogP contribution in [0.1, 0.15) is 25.0 Å². The van der Waals surface area contributed by atoms with E-state index in [1.807, 2.05) is 12.1 Å². The third-order valence-corrected chi connectivity index (χ3v) is 2.99. The maximum Gasteiger partial charge on any atom is 0.0668 e. The highest BCUT2D eigenvalue weighted by Crippen LogP contribution is 2.24. The summed E-state index contributed by atoms with van der Waals surface area (Å²) in [5, 5.41) is 4.78. The SMILES string of the molecule is CCc1ccccc1[N]c1ccccc1CC. The summed E-state index contributed by atoms with van der Waals surface area (Å²) in [6.45, 7) is 4.33. The Balaban J connectivity index is 2.31. The molecule has 0 amide bonds. The Bertz CT molecular complexity index is 443. The summed E-state index contributed by atoms with van der Waals surface area (Å²) in [5.41, 5.74) is 4.80. The van der Waals surface area contributed by atoms with Crippen LogP contribution < -0.4 is 5.32 Å². The minimum Gasteiger partial charge on any atom is -0.248 e. The normalized spacial score (nSPS) is 10.2. The van der Waals surface area contributed by atoms with Crippen LogP contribution in [0.3, 0.4) is 0 Å². The molecule has 0 heterocycles. The first-order chi connectivity index (χ1) is 8.35. The van der Waals surface area contributed by atoms with Crippen molar-refractivity contribution in [3.8, 4) is 0 Å². The minimum atomic E-state index is 1.02. The molecule has 1 nitrogen and oxygen atoms in total. The maximum absolute atomic E-state index is 4.78. The van der Waals surface area contributed by atoms with E-state index in [9.17, 15) is 0 Å². The largest absolute Gasteiger partial charge is 0.248 e. The number of hydrogen-bond donors (Lipinski definition) is 0. The fraction of sp³-hybridized carbons (Fsp3) is 0.250. The van der Waals surface area contributed by atoms with Crippen LogP contribution >= 0.6 is 0 Å². The summed E-state index contributed by atoms with van der Waals surface area (Å²) in [7, 11) is 0. The molecular weight excluding hydrogens is 206 g/mol. The van der Waals surface area contributed by atoms with Crippen LogP contribution in [-0.4, -0.2) is 0 Å². The molecule has 0 bridgehead atoms. The van der Waals surface area contributed by atoms with Gasteiger partial charge in [0.2, 0.25) is 0 Å². The molecule has 0 N–H and O–H groups in total. The van der Waals surface area contributed by atoms with E-state index in [0.29, 0.717) is 0 Å². The molecular formula is C16H18N. The molecule has 87 valence electrons. The van der Waals surface area contributed by atoms with E-state index in [0.717, 1.165) is 24.2 Å². The summed E-state index contributed by atoms with van der Waals surface area (Å²) in [6.07, 6.45) is 2.04. The van der Waals surface area contributed by atoms with E-state index in [2.05, 4.69) is 50.2 Å². The van der Waals surface area contributed by atoms with Gasteiger partial charge in [0, 0.05) is 0 Å². The van der Waals surface area contributed by atoms with Crippen molar-refractivity contribution in [3.05, 3.63) is 59.7 Å². The van der Waals surface area contributed by atoms with Gasteiger partial charge in [0.1, 0.15) is 0 Å². The van der Waals surface area contributed by atoms with Gasteiger partial charge in [-0.25, -0.2) is 5.32 Å².